The van der Waals surface area contributed by atoms with Gasteiger partial charge in [0.15, 0.2) is 11.6 Å². The molecule has 1 aromatic heterocycles. The molecule has 2 aromatic rings. The van der Waals surface area contributed by atoms with E-state index in [1.54, 1.807) is 0 Å². The molecule has 0 aliphatic carbocycles. The third kappa shape index (κ3) is 1.45. The van der Waals surface area contributed by atoms with Crippen LogP contribution in [0.15, 0.2) is 6.07 Å². The standard InChI is InChI=1S/C14H14F2N2O/c15-9-7-11-14-12(13(9)16)8-1-3-17-4-2-10(8)18(14)5-6-19-11/h7,17H,1-6H2. The molecular weight excluding hydrogens is 250 g/mol. The van der Waals surface area contributed by atoms with Crippen molar-refractivity contribution in [2.45, 2.75) is 19.4 Å². The van der Waals surface area contributed by atoms with Gasteiger partial charge in [0.1, 0.15) is 12.4 Å². The summed E-state index contributed by atoms with van der Waals surface area (Å²) in [6, 6.07) is 1.17. The van der Waals surface area contributed by atoms with Crippen molar-refractivity contribution < 1.29 is 13.5 Å². The van der Waals surface area contributed by atoms with E-state index < -0.39 is 11.6 Å². The van der Waals surface area contributed by atoms with Gasteiger partial charge in [-0.1, -0.05) is 0 Å². The molecule has 5 heteroatoms. The molecule has 19 heavy (non-hydrogen) atoms. The second-order valence-electron chi connectivity index (χ2n) is 5.07. The molecule has 3 heterocycles. The Hall–Kier alpha value is -1.62. The average molecular weight is 264 g/mol. The summed E-state index contributed by atoms with van der Waals surface area (Å²) in [6.45, 7) is 2.91. The summed E-state index contributed by atoms with van der Waals surface area (Å²) in [5, 5.41) is 3.73. The van der Waals surface area contributed by atoms with Crippen molar-refractivity contribution in [1.29, 1.82) is 0 Å². The molecule has 0 amide bonds. The van der Waals surface area contributed by atoms with Crippen LogP contribution in [0.3, 0.4) is 0 Å². The van der Waals surface area contributed by atoms with E-state index in [2.05, 4.69) is 9.88 Å². The first-order chi connectivity index (χ1) is 9.27. The fourth-order valence-electron chi connectivity index (χ4n) is 3.28. The number of nitrogens with zero attached hydrogens (tertiary/aromatic N) is 1. The molecule has 0 bridgehead atoms. The summed E-state index contributed by atoms with van der Waals surface area (Å²) in [5.74, 6) is -1.08. The van der Waals surface area contributed by atoms with Crippen LogP contribution in [-0.4, -0.2) is 24.3 Å². The summed E-state index contributed by atoms with van der Waals surface area (Å²) in [7, 11) is 0. The zero-order valence-corrected chi connectivity index (χ0v) is 10.4. The van der Waals surface area contributed by atoms with Crippen LogP contribution in [0.4, 0.5) is 8.78 Å². The smallest absolute Gasteiger partial charge is 0.168 e. The van der Waals surface area contributed by atoms with Crippen molar-refractivity contribution in [2.24, 2.45) is 0 Å². The van der Waals surface area contributed by atoms with Crippen LogP contribution in [0, 0.1) is 11.6 Å². The molecule has 2 aliphatic heterocycles. The van der Waals surface area contributed by atoms with E-state index in [1.807, 2.05) is 0 Å². The maximum atomic E-state index is 14.2. The van der Waals surface area contributed by atoms with Crippen molar-refractivity contribution in [2.75, 3.05) is 19.7 Å². The Morgan fingerprint density at radius 2 is 2.05 bits per heavy atom. The van der Waals surface area contributed by atoms with Crippen molar-refractivity contribution in [1.82, 2.24) is 9.88 Å². The fraction of sp³-hybridized carbons (Fsp3) is 0.429. The van der Waals surface area contributed by atoms with Gasteiger partial charge in [0, 0.05) is 30.1 Å². The number of fused-ring (bicyclic) bond motifs is 3. The summed E-state index contributed by atoms with van der Waals surface area (Å²) in [6.07, 6.45) is 1.59. The Labute approximate surface area is 109 Å². The molecule has 0 saturated carbocycles. The Balaban J connectivity index is 2.15. The number of aromatic nitrogens is 1. The second-order valence-corrected chi connectivity index (χ2v) is 5.07. The normalized spacial score (nSPS) is 18.0. The summed E-state index contributed by atoms with van der Waals surface area (Å²) in [4.78, 5) is 0. The summed E-state index contributed by atoms with van der Waals surface area (Å²) < 4.78 is 35.5. The molecule has 0 radical (unpaired) electrons. The van der Waals surface area contributed by atoms with Gasteiger partial charge in [0.2, 0.25) is 0 Å². The van der Waals surface area contributed by atoms with E-state index >= 15 is 0 Å². The zero-order valence-electron chi connectivity index (χ0n) is 10.4. The minimum Gasteiger partial charge on any atom is -0.489 e. The van der Waals surface area contributed by atoms with Crippen molar-refractivity contribution in [3.8, 4) is 5.75 Å². The molecule has 1 aromatic carbocycles. The molecule has 0 saturated heterocycles. The third-order valence-corrected chi connectivity index (χ3v) is 4.07. The molecule has 2 aliphatic rings. The lowest BCUT2D eigenvalue weighted by atomic mass is 10.1. The Bertz CT molecular complexity index is 678. The minimum absolute atomic E-state index is 0.424. The SMILES string of the molecule is Fc1cc2c3c(c1F)c1c(n3CCO2)CCNCC1. The van der Waals surface area contributed by atoms with Gasteiger partial charge >= 0.3 is 0 Å². The van der Waals surface area contributed by atoms with Gasteiger partial charge in [0.05, 0.1) is 12.1 Å². The lowest BCUT2D eigenvalue weighted by Gasteiger charge is -2.19. The number of rotatable bonds is 0. The monoisotopic (exact) mass is 264 g/mol. The zero-order chi connectivity index (χ0) is 13.0. The van der Waals surface area contributed by atoms with Gasteiger partial charge in [-0.25, -0.2) is 8.78 Å². The summed E-state index contributed by atoms with van der Waals surface area (Å²) >= 11 is 0. The molecule has 0 atom stereocenters. The van der Waals surface area contributed by atoms with Gasteiger partial charge in [-0.2, -0.15) is 0 Å². The van der Waals surface area contributed by atoms with Gasteiger partial charge in [0.25, 0.3) is 0 Å². The van der Waals surface area contributed by atoms with Crippen LogP contribution in [0.5, 0.6) is 5.75 Å². The predicted molar refractivity (Wildman–Crippen MR) is 67.6 cm³/mol. The largest absolute Gasteiger partial charge is 0.489 e. The first-order valence-corrected chi connectivity index (χ1v) is 6.63. The van der Waals surface area contributed by atoms with Gasteiger partial charge in [-0.3, -0.25) is 0 Å². The molecule has 0 unspecified atom stereocenters. The number of nitrogens with one attached hydrogen (secondary N) is 1. The van der Waals surface area contributed by atoms with Crippen molar-refractivity contribution >= 4 is 10.9 Å². The maximum Gasteiger partial charge on any atom is 0.168 e. The average Bonchev–Trinajstić information content (AvgIpc) is 2.59. The van der Waals surface area contributed by atoms with Crippen LogP contribution in [0.1, 0.15) is 11.3 Å². The highest BCUT2D eigenvalue weighted by atomic mass is 19.2. The first kappa shape index (κ1) is 11.2. The lowest BCUT2D eigenvalue weighted by Crippen LogP contribution is -2.19. The molecule has 0 spiro atoms. The molecule has 3 nitrogen and oxygen atoms in total. The lowest BCUT2D eigenvalue weighted by molar-refractivity contribution is 0.283. The number of benzene rings is 1. The number of hydrogen-bond acceptors (Lipinski definition) is 2. The number of ether oxygens (including phenoxy) is 1. The minimum atomic E-state index is -0.818. The quantitative estimate of drug-likeness (QED) is 0.787. The van der Waals surface area contributed by atoms with Crippen molar-refractivity contribution in [3.63, 3.8) is 0 Å². The predicted octanol–water partition coefficient (Wildman–Crippen LogP) is 2.00. The van der Waals surface area contributed by atoms with Crippen LogP contribution >= 0.6 is 0 Å². The Morgan fingerprint density at radius 3 is 2.95 bits per heavy atom. The number of hydrogen-bond donors (Lipinski definition) is 1. The second kappa shape index (κ2) is 3.93. The van der Waals surface area contributed by atoms with Crippen molar-refractivity contribution in [3.05, 3.63) is 29.0 Å². The van der Waals surface area contributed by atoms with E-state index in [0.29, 0.717) is 24.3 Å². The molecule has 0 fully saturated rings. The maximum absolute atomic E-state index is 14.2. The van der Waals surface area contributed by atoms with Gasteiger partial charge < -0.3 is 14.6 Å². The Kier molecular flexibility index (Phi) is 2.33. The van der Waals surface area contributed by atoms with Gasteiger partial charge in [-0.15, -0.1) is 0 Å². The number of halogens is 2. The van der Waals surface area contributed by atoms with E-state index in [1.165, 1.54) is 6.07 Å². The van der Waals surface area contributed by atoms with E-state index in [4.69, 9.17) is 4.74 Å². The Morgan fingerprint density at radius 1 is 1.21 bits per heavy atom. The molecular formula is C14H14F2N2O. The molecule has 1 N–H and O–H groups in total. The highest BCUT2D eigenvalue weighted by Gasteiger charge is 2.28. The highest BCUT2D eigenvalue weighted by Crippen LogP contribution is 2.39. The molecule has 100 valence electrons. The first-order valence-electron chi connectivity index (χ1n) is 6.63. The fourth-order valence-corrected chi connectivity index (χ4v) is 3.28. The van der Waals surface area contributed by atoms with Crippen LogP contribution in [0.2, 0.25) is 0 Å². The molecule has 4 rings (SSSR count). The van der Waals surface area contributed by atoms with E-state index in [-0.39, 0.29) is 0 Å². The highest BCUT2D eigenvalue weighted by molar-refractivity contribution is 5.91. The van der Waals surface area contributed by atoms with Crippen LogP contribution in [0.25, 0.3) is 10.9 Å². The summed E-state index contributed by atoms with van der Waals surface area (Å²) in [5.41, 5.74) is 2.81. The van der Waals surface area contributed by atoms with E-state index in [0.717, 1.165) is 42.7 Å². The van der Waals surface area contributed by atoms with Crippen LogP contribution in [-0.2, 0) is 19.4 Å². The topological polar surface area (TPSA) is 26.2 Å². The van der Waals surface area contributed by atoms with Gasteiger partial charge in [-0.05, 0) is 18.5 Å². The van der Waals surface area contributed by atoms with E-state index in [9.17, 15) is 8.78 Å². The third-order valence-electron chi connectivity index (χ3n) is 4.07. The van der Waals surface area contributed by atoms with Crippen LogP contribution < -0.4 is 10.1 Å².